The highest BCUT2D eigenvalue weighted by Gasteiger charge is 2.33. The van der Waals surface area contributed by atoms with E-state index in [2.05, 4.69) is 30.4 Å². The summed E-state index contributed by atoms with van der Waals surface area (Å²) in [6.45, 7) is 14.9. The van der Waals surface area contributed by atoms with E-state index in [4.69, 9.17) is 4.74 Å². The summed E-state index contributed by atoms with van der Waals surface area (Å²) in [5, 5.41) is 5.52. The normalized spacial score (nSPS) is 13.8. The van der Waals surface area contributed by atoms with Crippen molar-refractivity contribution in [2.75, 3.05) is 0 Å². The van der Waals surface area contributed by atoms with Gasteiger partial charge in [-0.05, 0) is 51.0 Å². The molecule has 0 radical (unpaired) electrons. The van der Waals surface area contributed by atoms with Crippen LogP contribution in [-0.4, -0.2) is 11.8 Å². The lowest BCUT2D eigenvalue weighted by Crippen LogP contribution is -2.26. The topological polar surface area (TPSA) is 67.4 Å². The van der Waals surface area contributed by atoms with Gasteiger partial charge in [-0.15, -0.1) is 13.2 Å². The minimum absolute atomic E-state index is 0.0564. The second kappa shape index (κ2) is 17.9. The maximum absolute atomic E-state index is 13.5. The maximum Gasteiger partial charge on any atom is 0.416 e. The highest BCUT2D eigenvalue weighted by atomic mass is 19.4. The summed E-state index contributed by atoms with van der Waals surface area (Å²) < 4.78 is 46.6. The zero-order valence-corrected chi connectivity index (χ0v) is 25.8. The zero-order valence-electron chi connectivity index (χ0n) is 25.8. The van der Waals surface area contributed by atoms with E-state index in [1.54, 1.807) is 43.4 Å². The van der Waals surface area contributed by atoms with E-state index >= 15 is 0 Å². The second-order valence-corrected chi connectivity index (χ2v) is 9.64. The van der Waals surface area contributed by atoms with Gasteiger partial charge in [-0.25, -0.2) is 0 Å². The van der Waals surface area contributed by atoms with Crippen molar-refractivity contribution in [3.8, 4) is 0 Å². The smallest absolute Gasteiger partial charge is 0.416 e. The summed E-state index contributed by atoms with van der Waals surface area (Å²) in [7, 11) is 0. The number of benzene rings is 2. The van der Waals surface area contributed by atoms with Gasteiger partial charge in [-0.2, -0.15) is 13.2 Å². The minimum atomic E-state index is -4.55. The third-order valence-corrected chi connectivity index (χ3v) is 6.61. The lowest BCUT2D eigenvalue weighted by atomic mass is 10.1. The summed E-state index contributed by atoms with van der Waals surface area (Å²) in [4.78, 5) is 26.1. The number of ether oxygens (including phenoxy) is 1. The van der Waals surface area contributed by atoms with Gasteiger partial charge in [0, 0.05) is 35.4 Å². The van der Waals surface area contributed by atoms with Crippen LogP contribution in [0.3, 0.4) is 0 Å². The molecule has 1 aliphatic carbocycles. The standard InChI is InChI=1S/C35H35F3N2O3.C2H4/c1-5-7-14-26(6-2)34(42)40-30-19-13-18-28(21-22-30)32(43-25(4)27-15-9-8-10-16-27)24(3)33(41)39-23-29-17-11-12-20-31(29)35(36,37)38;1-2/h5-13,15-18,20-22H,4,14,19,23H2,1-3H3,(H,39,41)(H,40,42);1-2H2/b7-5-,26-6+,32-24+;. The number of hydrogen-bond acceptors (Lipinski definition) is 3. The third kappa shape index (κ3) is 10.8. The molecule has 0 aliphatic heterocycles. The van der Waals surface area contributed by atoms with Crippen LogP contribution in [0.1, 0.15) is 50.3 Å². The summed E-state index contributed by atoms with van der Waals surface area (Å²) >= 11 is 0. The summed E-state index contributed by atoms with van der Waals surface area (Å²) in [5.41, 5.74) is 1.74. The van der Waals surface area contributed by atoms with Crippen molar-refractivity contribution in [1.29, 1.82) is 0 Å². The highest BCUT2D eigenvalue weighted by molar-refractivity contribution is 5.95. The molecule has 2 aromatic carbocycles. The number of hydrogen-bond donors (Lipinski definition) is 2. The van der Waals surface area contributed by atoms with Crippen molar-refractivity contribution in [1.82, 2.24) is 10.6 Å². The van der Waals surface area contributed by atoms with Crippen molar-refractivity contribution in [3.05, 3.63) is 162 Å². The van der Waals surface area contributed by atoms with Gasteiger partial charge in [-0.1, -0.05) is 85.5 Å². The molecule has 0 spiro atoms. The largest absolute Gasteiger partial charge is 0.456 e. The van der Waals surface area contributed by atoms with E-state index in [1.807, 2.05) is 43.4 Å². The monoisotopic (exact) mass is 616 g/mol. The SMILES string of the molecule is C=C.C=C(O/C(C1=CC=C(NC(=O)/C(=C/C)C/C=C\C)CC=C1)=C(\C)C(=O)NCc1ccccc1C(F)(F)F)c1ccccc1. The Morgan fingerprint density at radius 1 is 0.978 bits per heavy atom. The van der Waals surface area contributed by atoms with Gasteiger partial charge >= 0.3 is 6.18 Å². The van der Waals surface area contributed by atoms with Crippen LogP contribution >= 0.6 is 0 Å². The first-order valence-electron chi connectivity index (χ1n) is 14.3. The first-order chi connectivity index (χ1) is 21.5. The number of amides is 2. The molecule has 0 aromatic heterocycles. The van der Waals surface area contributed by atoms with Crippen LogP contribution in [0.2, 0.25) is 0 Å². The molecule has 0 heterocycles. The molecule has 2 aromatic rings. The Balaban J connectivity index is 0.00000345. The Labute approximate surface area is 263 Å². The number of rotatable bonds is 11. The van der Waals surface area contributed by atoms with Crippen LogP contribution in [0.25, 0.3) is 5.76 Å². The molecule has 0 atom stereocenters. The van der Waals surface area contributed by atoms with Crippen molar-refractivity contribution in [2.45, 2.75) is 46.3 Å². The van der Waals surface area contributed by atoms with Gasteiger partial charge in [0.15, 0.2) is 0 Å². The quantitative estimate of drug-likeness (QED) is 0.151. The van der Waals surface area contributed by atoms with Crippen LogP contribution in [0, 0.1) is 0 Å². The van der Waals surface area contributed by atoms with Crippen LogP contribution < -0.4 is 10.6 Å². The van der Waals surface area contributed by atoms with E-state index in [0.717, 1.165) is 6.07 Å². The van der Waals surface area contributed by atoms with Gasteiger partial charge in [0.1, 0.15) is 11.5 Å². The molecule has 1 aliphatic rings. The first-order valence-corrected chi connectivity index (χ1v) is 14.3. The molecule has 3 rings (SSSR count). The van der Waals surface area contributed by atoms with E-state index in [1.165, 1.54) is 25.1 Å². The van der Waals surface area contributed by atoms with Gasteiger partial charge in [-0.3, -0.25) is 9.59 Å². The van der Waals surface area contributed by atoms with Crippen LogP contribution in [0.15, 0.2) is 145 Å². The molecule has 0 saturated carbocycles. The molecule has 5 nitrogen and oxygen atoms in total. The summed E-state index contributed by atoms with van der Waals surface area (Å²) in [6.07, 6.45) is 8.95. The van der Waals surface area contributed by atoms with E-state index in [0.29, 0.717) is 35.2 Å². The molecule has 0 unspecified atom stereocenters. The van der Waals surface area contributed by atoms with E-state index < -0.39 is 17.6 Å². The van der Waals surface area contributed by atoms with Crippen molar-refractivity contribution in [3.63, 3.8) is 0 Å². The Bertz CT molecular complexity index is 1540. The highest BCUT2D eigenvalue weighted by Crippen LogP contribution is 2.32. The van der Waals surface area contributed by atoms with Gasteiger partial charge in [0.2, 0.25) is 0 Å². The molecular formula is C37H39F3N2O3. The number of carbonyl (C=O) groups excluding carboxylic acids is 2. The third-order valence-electron chi connectivity index (χ3n) is 6.61. The zero-order chi connectivity index (χ0) is 33.4. The lowest BCUT2D eigenvalue weighted by Gasteiger charge is -2.17. The fourth-order valence-corrected chi connectivity index (χ4v) is 4.20. The maximum atomic E-state index is 13.5. The molecular weight excluding hydrogens is 577 g/mol. The number of carbonyl (C=O) groups is 2. The molecule has 0 saturated heterocycles. The lowest BCUT2D eigenvalue weighted by molar-refractivity contribution is -0.138. The minimum Gasteiger partial charge on any atom is -0.456 e. The fraction of sp³-hybridized carbons (Fsp3) is 0.189. The van der Waals surface area contributed by atoms with Crippen LogP contribution in [0.4, 0.5) is 13.2 Å². The average molecular weight is 617 g/mol. The fourth-order valence-electron chi connectivity index (χ4n) is 4.20. The first kappa shape index (κ1) is 36.1. The van der Waals surface area contributed by atoms with Crippen molar-refractivity contribution in [2.24, 2.45) is 0 Å². The molecule has 0 fully saturated rings. The van der Waals surface area contributed by atoms with Crippen molar-refractivity contribution < 1.29 is 27.5 Å². The summed E-state index contributed by atoms with van der Waals surface area (Å²) in [6, 6.07) is 14.2. The number of nitrogens with one attached hydrogen (secondary N) is 2. The van der Waals surface area contributed by atoms with Crippen LogP contribution in [-0.2, 0) is 27.0 Å². The predicted octanol–water partition coefficient (Wildman–Crippen LogP) is 8.88. The molecule has 2 N–H and O–H groups in total. The van der Waals surface area contributed by atoms with E-state index in [9.17, 15) is 22.8 Å². The molecule has 0 bridgehead atoms. The average Bonchev–Trinajstić information content (AvgIpc) is 3.28. The Kier molecular flexibility index (Phi) is 14.3. The number of alkyl halides is 3. The van der Waals surface area contributed by atoms with Crippen LogP contribution in [0.5, 0.6) is 0 Å². The molecule has 2 amide bonds. The molecule has 8 heteroatoms. The number of halogens is 3. The van der Waals surface area contributed by atoms with Gasteiger partial charge in [0.05, 0.1) is 11.1 Å². The van der Waals surface area contributed by atoms with Crippen molar-refractivity contribution >= 4 is 17.6 Å². The Morgan fingerprint density at radius 2 is 1.64 bits per heavy atom. The second-order valence-electron chi connectivity index (χ2n) is 9.64. The Morgan fingerprint density at radius 3 is 2.29 bits per heavy atom. The predicted molar refractivity (Wildman–Crippen MR) is 175 cm³/mol. The van der Waals surface area contributed by atoms with E-state index in [-0.39, 0.29) is 35.1 Å². The Hall–Kier alpha value is -5.11. The van der Waals surface area contributed by atoms with Gasteiger partial charge < -0.3 is 15.4 Å². The van der Waals surface area contributed by atoms with Gasteiger partial charge in [0.25, 0.3) is 11.8 Å². The molecule has 236 valence electrons. The number of allylic oxidation sites excluding steroid dienone is 7. The summed E-state index contributed by atoms with van der Waals surface area (Å²) in [5.74, 6) is -0.359. The molecule has 45 heavy (non-hydrogen) atoms.